The normalized spacial score (nSPS) is 12.1. The highest BCUT2D eigenvalue weighted by Gasteiger charge is 2.21. The maximum atomic E-state index is 5.71. The fraction of sp³-hybridized carbons (Fsp3) is 0.571. The molecule has 2 nitrogen and oxygen atoms in total. The Labute approximate surface area is 99.5 Å². The van der Waals surface area contributed by atoms with E-state index in [9.17, 15) is 0 Å². The molecule has 0 atom stereocenters. The van der Waals surface area contributed by atoms with Crippen LogP contribution in [-0.4, -0.2) is 25.0 Å². The zero-order valence-electron chi connectivity index (χ0n) is 11.0. The minimum absolute atomic E-state index is 0.178. The van der Waals surface area contributed by atoms with Crippen molar-refractivity contribution in [2.45, 2.75) is 32.6 Å². The van der Waals surface area contributed by atoms with E-state index in [0.29, 0.717) is 0 Å². The van der Waals surface area contributed by atoms with Crippen molar-refractivity contribution in [2.75, 3.05) is 25.9 Å². The third kappa shape index (κ3) is 3.53. The first-order valence-corrected chi connectivity index (χ1v) is 6.00. The van der Waals surface area contributed by atoms with E-state index in [0.717, 1.165) is 18.8 Å². The van der Waals surface area contributed by atoms with Crippen LogP contribution in [0.5, 0.6) is 0 Å². The molecule has 0 bridgehead atoms. The zero-order chi connectivity index (χ0) is 12.2. The topological polar surface area (TPSA) is 29.3 Å². The molecular formula is C14H24N2. The van der Waals surface area contributed by atoms with Gasteiger partial charge < -0.3 is 10.6 Å². The number of hydrogen-bond donors (Lipinski definition) is 1. The third-order valence-electron chi connectivity index (χ3n) is 2.96. The Morgan fingerprint density at radius 1 is 1.19 bits per heavy atom. The van der Waals surface area contributed by atoms with Crippen LogP contribution in [0, 0.1) is 0 Å². The highest BCUT2D eigenvalue weighted by molar-refractivity contribution is 5.41. The lowest BCUT2D eigenvalue weighted by atomic mass is 9.84. The Balaban J connectivity index is 2.72. The summed E-state index contributed by atoms with van der Waals surface area (Å²) in [5.41, 5.74) is 8.07. The maximum Gasteiger partial charge on any atom is 0.0314 e. The predicted molar refractivity (Wildman–Crippen MR) is 71.7 cm³/mol. The second-order valence-electron chi connectivity index (χ2n) is 5.24. The van der Waals surface area contributed by atoms with Crippen LogP contribution < -0.4 is 5.73 Å². The van der Waals surface area contributed by atoms with Crippen molar-refractivity contribution in [1.82, 2.24) is 4.90 Å². The summed E-state index contributed by atoms with van der Waals surface area (Å²) in [6, 6.07) is 8.23. The van der Waals surface area contributed by atoms with E-state index in [-0.39, 0.29) is 5.41 Å². The summed E-state index contributed by atoms with van der Waals surface area (Å²) >= 11 is 0. The standard InChI is InChI=1S/C14H24N2/c1-5-10-16(4)11-14(2,3)12-6-8-13(15)9-7-12/h6-9H,5,10-11,15H2,1-4H3. The second kappa shape index (κ2) is 5.35. The SMILES string of the molecule is CCCN(C)CC(C)(C)c1ccc(N)cc1. The van der Waals surface area contributed by atoms with Gasteiger partial charge in [0.1, 0.15) is 0 Å². The average Bonchev–Trinajstić information content (AvgIpc) is 2.17. The predicted octanol–water partition coefficient (Wildman–Crippen LogP) is 2.89. The van der Waals surface area contributed by atoms with E-state index >= 15 is 0 Å². The number of likely N-dealkylation sites (N-methyl/N-ethyl adjacent to an activating group) is 1. The quantitative estimate of drug-likeness (QED) is 0.773. The Morgan fingerprint density at radius 3 is 2.25 bits per heavy atom. The maximum absolute atomic E-state index is 5.71. The Kier molecular flexibility index (Phi) is 4.36. The number of nitrogens with two attached hydrogens (primary N) is 1. The molecule has 1 aromatic carbocycles. The Hall–Kier alpha value is -1.02. The van der Waals surface area contributed by atoms with Gasteiger partial charge in [0.15, 0.2) is 0 Å². The zero-order valence-corrected chi connectivity index (χ0v) is 11.0. The van der Waals surface area contributed by atoms with Crippen molar-refractivity contribution in [3.63, 3.8) is 0 Å². The molecule has 0 amide bonds. The van der Waals surface area contributed by atoms with Gasteiger partial charge in [0.2, 0.25) is 0 Å². The van der Waals surface area contributed by atoms with Gasteiger partial charge in [-0.1, -0.05) is 32.9 Å². The van der Waals surface area contributed by atoms with E-state index in [2.05, 4.69) is 44.9 Å². The highest BCUT2D eigenvalue weighted by Crippen LogP contribution is 2.24. The summed E-state index contributed by atoms with van der Waals surface area (Å²) in [4.78, 5) is 2.39. The van der Waals surface area contributed by atoms with Crippen molar-refractivity contribution >= 4 is 5.69 Å². The van der Waals surface area contributed by atoms with Gasteiger partial charge in [-0.2, -0.15) is 0 Å². The van der Waals surface area contributed by atoms with Gasteiger partial charge in [0.05, 0.1) is 0 Å². The summed E-state index contributed by atoms with van der Waals surface area (Å²) in [6.45, 7) is 9.01. The van der Waals surface area contributed by atoms with Gasteiger partial charge in [0, 0.05) is 17.6 Å². The first kappa shape index (κ1) is 13.0. The van der Waals surface area contributed by atoms with Crippen molar-refractivity contribution in [2.24, 2.45) is 0 Å². The molecule has 0 fully saturated rings. The Morgan fingerprint density at radius 2 is 1.75 bits per heavy atom. The molecule has 0 saturated heterocycles. The van der Waals surface area contributed by atoms with E-state index in [1.165, 1.54) is 12.0 Å². The van der Waals surface area contributed by atoms with Crippen LogP contribution in [0.2, 0.25) is 0 Å². The molecular weight excluding hydrogens is 196 g/mol. The lowest BCUT2D eigenvalue weighted by Crippen LogP contribution is -2.34. The summed E-state index contributed by atoms with van der Waals surface area (Å²) in [5, 5.41) is 0. The van der Waals surface area contributed by atoms with Crippen LogP contribution in [0.4, 0.5) is 5.69 Å². The minimum Gasteiger partial charge on any atom is -0.399 e. The number of anilines is 1. The van der Waals surface area contributed by atoms with Gasteiger partial charge in [-0.05, 0) is 37.7 Å². The molecule has 90 valence electrons. The summed E-state index contributed by atoms with van der Waals surface area (Å²) < 4.78 is 0. The lowest BCUT2D eigenvalue weighted by molar-refractivity contribution is 0.268. The van der Waals surface area contributed by atoms with E-state index in [1.54, 1.807) is 0 Å². The molecule has 2 heteroatoms. The minimum atomic E-state index is 0.178. The summed E-state index contributed by atoms with van der Waals surface area (Å²) in [6.07, 6.45) is 1.20. The van der Waals surface area contributed by atoms with E-state index in [1.807, 2.05) is 12.1 Å². The summed E-state index contributed by atoms with van der Waals surface area (Å²) in [5.74, 6) is 0. The van der Waals surface area contributed by atoms with Crippen LogP contribution in [0.3, 0.4) is 0 Å². The van der Waals surface area contributed by atoms with Crippen molar-refractivity contribution in [3.8, 4) is 0 Å². The molecule has 0 spiro atoms. The number of nitrogens with zero attached hydrogens (tertiary/aromatic N) is 1. The molecule has 1 rings (SSSR count). The van der Waals surface area contributed by atoms with Gasteiger partial charge in [-0.3, -0.25) is 0 Å². The van der Waals surface area contributed by atoms with Crippen LogP contribution in [-0.2, 0) is 5.41 Å². The van der Waals surface area contributed by atoms with Crippen LogP contribution in [0.15, 0.2) is 24.3 Å². The molecule has 16 heavy (non-hydrogen) atoms. The lowest BCUT2D eigenvalue weighted by Gasteiger charge is -2.30. The van der Waals surface area contributed by atoms with Crippen molar-refractivity contribution in [3.05, 3.63) is 29.8 Å². The molecule has 0 unspecified atom stereocenters. The number of nitrogen functional groups attached to an aromatic ring is 1. The molecule has 0 aliphatic carbocycles. The number of rotatable bonds is 5. The van der Waals surface area contributed by atoms with Crippen LogP contribution >= 0.6 is 0 Å². The first-order valence-electron chi connectivity index (χ1n) is 6.00. The second-order valence-corrected chi connectivity index (χ2v) is 5.24. The highest BCUT2D eigenvalue weighted by atomic mass is 15.1. The molecule has 0 heterocycles. The van der Waals surface area contributed by atoms with Crippen LogP contribution in [0.1, 0.15) is 32.8 Å². The van der Waals surface area contributed by atoms with E-state index in [4.69, 9.17) is 5.73 Å². The monoisotopic (exact) mass is 220 g/mol. The molecule has 0 aromatic heterocycles. The fourth-order valence-corrected chi connectivity index (χ4v) is 2.16. The van der Waals surface area contributed by atoms with E-state index < -0.39 is 0 Å². The molecule has 2 N–H and O–H groups in total. The first-order chi connectivity index (χ1) is 7.45. The third-order valence-corrected chi connectivity index (χ3v) is 2.96. The molecule has 0 radical (unpaired) electrons. The van der Waals surface area contributed by atoms with Crippen LogP contribution in [0.25, 0.3) is 0 Å². The average molecular weight is 220 g/mol. The smallest absolute Gasteiger partial charge is 0.0314 e. The fourth-order valence-electron chi connectivity index (χ4n) is 2.16. The van der Waals surface area contributed by atoms with Gasteiger partial charge in [0.25, 0.3) is 0 Å². The van der Waals surface area contributed by atoms with Crippen molar-refractivity contribution in [1.29, 1.82) is 0 Å². The molecule has 0 aliphatic heterocycles. The van der Waals surface area contributed by atoms with Gasteiger partial charge in [-0.25, -0.2) is 0 Å². The van der Waals surface area contributed by atoms with Gasteiger partial charge in [-0.15, -0.1) is 0 Å². The van der Waals surface area contributed by atoms with Crippen molar-refractivity contribution < 1.29 is 0 Å². The largest absolute Gasteiger partial charge is 0.399 e. The Bertz CT molecular complexity index is 314. The molecule has 0 aliphatic rings. The molecule has 0 saturated carbocycles. The summed E-state index contributed by atoms with van der Waals surface area (Å²) in [7, 11) is 2.18. The number of benzene rings is 1. The molecule has 1 aromatic rings. The van der Waals surface area contributed by atoms with Gasteiger partial charge >= 0.3 is 0 Å². The number of hydrogen-bond acceptors (Lipinski definition) is 2.